The zero-order chi connectivity index (χ0) is 18.8. The number of aliphatic carboxylic acids is 1. The lowest BCUT2D eigenvalue weighted by molar-refractivity contribution is -0.394. The van der Waals surface area contributed by atoms with Crippen molar-refractivity contribution in [2.45, 2.75) is 12.5 Å². The number of non-ortho nitro benzene ring substituents is 1. The van der Waals surface area contributed by atoms with Gasteiger partial charge >= 0.3 is 11.7 Å². The van der Waals surface area contributed by atoms with Gasteiger partial charge in [-0.05, 0) is 30.7 Å². The Morgan fingerprint density at radius 1 is 1.12 bits per heavy atom. The molecule has 0 aromatic heterocycles. The zero-order valence-corrected chi connectivity index (χ0v) is 12.9. The van der Waals surface area contributed by atoms with Crippen LogP contribution in [0.25, 0.3) is 0 Å². The number of carboxylic acids is 1. The third kappa shape index (κ3) is 3.70. The first-order valence-corrected chi connectivity index (χ1v) is 6.86. The Morgan fingerprint density at radius 3 is 2.20 bits per heavy atom. The first-order valence-electron chi connectivity index (χ1n) is 6.86. The summed E-state index contributed by atoms with van der Waals surface area (Å²) in [5.41, 5.74) is 3.41. The van der Waals surface area contributed by atoms with E-state index in [2.05, 4.69) is 0 Å². The van der Waals surface area contributed by atoms with Crippen molar-refractivity contribution in [2.75, 3.05) is 0 Å². The molecule has 1 unspecified atom stereocenters. The molecule has 0 aliphatic heterocycles. The largest absolute Gasteiger partial charge is 0.480 e. The molecule has 130 valence electrons. The van der Waals surface area contributed by atoms with Crippen molar-refractivity contribution in [3.05, 3.63) is 68.3 Å². The number of hydrogen-bond donors (Lipinski definition) is 2. The first-order chi connectivity index (χ1) is 11.6. The van der Waals surface area contributed by atoms with E-state index in [0.717, 1.165) is 18.2 Å². The molecule has 2 aromatic rings. The highest BCUT2D eigenvalue weighted by Crippen LogP contribution is 2.34. The van der Waals surface area contributed by atoms with E-state index in [1.54, 1.807) is 0 Å². The van der Waals surface area contributed by atoms with Crippen LogP contribution in [0.3, 0.4) is 0 Å². The molecule has 0 fully saturated rings. The Bertz CT molecular complexity index is 847. The number of carbonyl (C=O) groups is 1. The second-order valence-electron chi connectivity index (χ2n) is 5.30. The van der Waals surface area contributed by atoms with E-state index in [1.165, 1.54) is 31.2 Å². The fraction of sp³-hybridized carbons (Fsp3) is 0.133. The monoisotopic (exact) mass is 347 g/mol. The Morgan fingerprint density at radius 2 is 1.72 bits per heavy atom. The topological polar surface area (TPSA) is 159 Å². The molecule has 3 N–H and O–H groups in total. The van der Waals surface area contributed by atoms with Crippen LogP contribution in [0.4, 0.5) is 11.4 Å². The summed E-state index contributed by atoms with van der Waals surface area (Å²) < 4.78 is 5.38. The van der Waals surface area contributed by atoms with E-state index < -0.39 is 32.7 Å². The van der Waals surface area contributed by atoms with E-state index in [9.17, 15) is 25.0 Å². The van der Waals surface area contributed by atoms with Gasteiger partial charge in [0.25, 0.3) is 5.69 Å². The van der Waals surface area contributed by atoms with Crippen molar-refractivity contribution in [1.82, 2.24) is 0 Å². The lowest BCUT2D eigenvalue weighted by Crippen LogP contribution is -2.41. The number of nitrogens with two attached hydrogens (primary N) is 1. The van der Waals surface area contributed by atoms with Crippen LogP contribution in [0.2, 0.25) is 0 Å². The standard InChI is InChI=1S/C15H13N3O7/c1-15(16,14(19)20)9-2-5-11(6-3-9)25-13-7-4-10(17(21)22)8-12(13)18(23)24/h2-8H,16H2,1H3,(H,19,20). The van der Waals surface area contributed by atoms with Gasteiger partial charge in [0.2, 0.25) is 5.75 Å². The van der Waals surface area contributed by atoms with Gasteiger partial charge in [-0.25, -0.2) is 4.79 Å². The summed E-state index contributed by atoms with van der Waals surface area (Å²) in [6.45, 7) is 1.33. The van der Waals surface area contributed by atoms with Crippen LogP contribution in [-0.2, 0) is 10.3 Å². The minimum atomic E-state index is -1.60. The van der Waals surface area contributed by atoms with Gasteiger partial charge in [-0.3, -0.25) is 20.2 Å². The van der Waals surface area contributed by atoms with Crippen molar-refractivity contribution >= 4 is 17.3 Å². The van der Waals surface area contributed by atoms with E-state index in [0.29, 0.717) is 5.56 Å². The third-order valence-corrected chi connectivity index (χ3v) is 3.48. The van der Waals surface area contributed by atoms with Crippen LogP contribution in [-0.4, -0.2) is 20.9 Å². The maximum absolute atomic E-state index is 11.1. The Balaban J connectivity index is 2.33. The molecule has 0 aliphatic carbocycles. The average Bonchev–Trinajstić information content (AvgIpc) is 2.55. The Kier molecular flexibility index (Phi) is 4.65. The number of rotatable bonds is 6. The molecule has 0 spiro atoms. The number of nitro groups is 2. The van der Waals surface area contributed by atoms with Gasteiger partial charge in [0.15, 0.2) is 0 Å². The summed E-state index contributed by atoms with van der Waals surface area (Å²) in [4.78, 5) is 31.4. The predicted octanol–water partition coefficient (Wildman–Crippen LogP) is 2.55. The Labute approximate surface area is 140 Å². The molecule has 0 amide bonds. The van der Waals surface area contributed by atoms with Crippen molar-refractivity contribution in [3.63, 3.8) is 0 Å². The normalized spacial score (nSPS) is 12.9. The van der Waals surface area contributed by atoms with Crippen LogP contribution in [0.15, 0.2) is 42.5 Å². The van der Waals surface area contributed by atoms with E-state index in [-0.39, 0.29) is 11.5 Å². The van der Waals surface area contributed by atoms with E-state index in [4.69, 9.17) is 15.6 Å². The molecule has 0 heterocycles. The second-order valence-corrected chi connectivity index (χ2v) is 5.30. The summed E-state index contributed by atoms with van der Waals surface area (Å²) in [6, 6.07) is 8.63. The van der Waals surface area contributed by atoms with Crippen LogP contribution in [0, 0.1) is 20.2 Å². The highest BCUT2D eigenvalue weighted by Gasteiger charge is 2.30. The van der Waals surface area contributed by atoms with E-state index in [1.807, 2.05) is 0 Å². The molecule has 2 aromatic carbocycles. The summed E-state index contributed by atoms with van der Waals surface area (Å²) in [5, 5.41) is 30.9. The van der Waals surface area contributed by atoms with Crippen LogP contribution < -0.4 is 10.5 Å². The molecule has 2 rings (SSSR count). The molecule has 0 saturated heterocycles. The number of carboxylic acid groups (broad SMARTS) is 1. The first kappa shape index (κ1) is 17.8. The molecule has 0 aliphatic rings. The van der Waals surface area contributed by atoms with Gasteiger partial charge in [0.05, 0.1) is 15.9 Å². The van der Waals surface area contributed by atoms with Crippen molar-refractivity contribution in [1.29, 1.82) is 0 Å². The molecule has 25 heavy (non-hydrogen) atoms. The fourth-order valence-electron chi connectivity index (χ4n) is 1.97. The Hall–Kier alpha value is -3.53. The molecule has 0 bridgehead atoms. The average molecular weight is 347 g/mol. The lowest BCUT2D eigenvalue weighted by Gasteiger charge is -2.19. The van der Waals surface area contributed by atoms with Crippen molar-refractivity contribution < 1.29 is 24.5 Å². The maximum Gasteiger partial charge on any atom is 0.328 e. The fourth-order valence-corrected chi connectivity index (χ4v) is 1.97. The number of benzene rings is 2. The number of ether oxygens (including phenoxy) is 1. The van der Waals surface area contributed by atoms with Gasteiger partial charge in [-0.1, -0.05) is 12.1 Å². The predicted molar refractivity (Wildman–Crippen MR) is 85.4 cm³/mol. The van der Waals surface area contributed by atoms with Gasteiger partial charge in [0.1, 0.15) is 11.3 Å². The van der Waals surface area contributed by atoms with Crippen molar-refractivity contribution in [3.8, 4) is 11.5 Å². The molecular weight excluding hydrogens is 334 g/mol. The minimum absolute atomic E-state index is 0.182. The van der Waals surface area contributed by atoms with Crippen LogP contribution >= 0.6 is 0 Å². The molecule has 10 heteroatoms. The summed E-state index contributed by atoms with van der Waals surface area (Å²) >= 11 is 0. The van der Waals surface area contributed by atoms with Gasteiger partial charge in [-0.2, -0.15) is 0 Å². The third-order valence-electron chi connectivity index (χ3n) is 3.48. The van der Waals surface area contributed by atoms with Crippen LogP contribution in [0.5, 0.6) is 11.5 Å². The lowest BCUT2D eigenvalue weighted by atomic mass is 9.93. The van der Waals surface area contributed by atoms with Crippen LogP contribution in [0.1, 0.15) is 12.5 Å². The molecule has 0 saturated carbocycles. The summed E-state index contributed by atoms with van der Waals surface area (Å²) in [7, 11) is 0. The molecular formula is C15H13N3O7. The SMILES string of the molecule is CC(N)(C(=O)O)c1ccc(Oc2ccc([N+](=O)[O-])cc2[N+](=O)[O-])cc1. The summed E-state index contributed by atoms with van der Waals surface area (Å²) in [6.07, 6.45) is 0. The number of nitro benzene ring substituents is 2. The van der Waals surface area contributed by atoms with Gasteiger partial charge in [0, 0.05) is 6.07 Å². The second kappa shape index (κ2) is 6.53. The van der Waals surface area contributed by atoms with Gasteiger partial charge in [-0.15, -0.1) is 0 Å². The number of nitrogens with zero attached hydrogens (tertiary/aromatic N) is 2. The molecule has 0 radical (unpaired) electrons. The summed E-state index contributed by atoms with van der Waals surface area (Å²) in [5.74, 6) is -1.22. The van der Waals surface area contributed by atoms with Crippen molar-refractivity contribution in [2.24, 2.45) is 5.73 Å². The highest BCUT2D eigenvalue weighted by molar-refractivity contribution is 5.79. The van der Waals surface area contributed by atoms with Gasteiger partial charge < -0.3 is 15.6 Å². The zero-order valence-electron chi connectivity index (χ0n) is 12.9. The number of hydrogen-bond acceptors (Lipinski definition) is 7. The smallest absolute Gasteiger partial charge is 0.328 e. The maximum atomic E-state index is 11.1. The minimum Gasteiger partial charge on any atom is -0.480 e. The molecule has 1 atom stereocenters. The quantitative estimate of drug-likeness (QED) is 0.595. The molecule has 10 nitrogen and oxygen atoms in total. The van der Waals surface area contributed by atoms with E-state index >= 15 is 0 Å². The highest BCUT2D eigenvalue weighted by atomic mass is 16.6.